The molecule has 2 aliphatic rings. The van der Waals surface area contributed by atoms with E-state index >= 15 is 8.78 Å². The van der Waals surface area contributed by atoms with Crippen molar-refractivity contribution in [3.8, 4) is 11.3 Å². The largest absolute Gasteiger partial charge is 0.391 e. The van der Waals surface area contributed by atoms with Crippen molar-refractivity contribution in [1.82, 2.24) is 19.6 Å². The smallest absolute Gasteiger partial charge is 0.135 e. The fourth-order valence-electron chi connectivity index (χ4n) is 6.27. The second-order valence-electron chi connectivity index (χ2n) is 11.0. The molecule has 0 unspecified atom stereocenters. The lowest BCUT2D eigenvalue weighted by molar-refractivity contribution is 0.0519. The van der Waals surface area contributed by atoms with Crippen LogP contribution < -0.4 is 5.73 Å². The molecule has 204 valence electrons. The summed E-state index contributed by atoms with van der Waals surface area (Å²) in [5.41, 5.74) is 9.84. The van der Waals surface area contributed by atoms with Crippen LogP contribution >= 0.6 is 0 Å². The molecule has 0 bridgehead atoms. The van der Waals surface area contributed by atoms with E-state index in [-0.39, 0.29) is 35.1 Å². The molecule has 1 aliphatic carbocycles. The van der Waals surface area contributed by atoms with Crippen LogP contribution in [0.5, 0.6) is 0 Å². The van der Waals surface area contributed by atoms with Gasteiger partial charge in [0.15, 0.2) is 0 Å². The Labute approximate surface area is 226 Å². The zero-order valence-corrected chi connectivity index (χ0v) is 21.9. The summed E-state index contributed by atoms with van der Waals surface area (Å²) in [7, 11) is 0. The van der Waals surface area contributed by atoms with E-state index in [0.717, 1.165) is 35.9 Å². The second kappa shape index (κ2) is 10.7. The average molecular weight is 534 g/mol. The standard InChI is InChI=1S/C30H33F2N5O2/c1-17-10-20(13-26(33)30(17)38)23-4-7-34-15-21(23)14-28-35-16-22-2-3-27(36-37(22)28)29-24(31)11-19(12-25(29)32)18-5-8-39-9-6-18/h2-4,7,11-12,15-18,20,26,30,38H,5-6,8-10,13-14,33H2,1H3/t17-,20+,26+,30+/m0/s1. The molecular weight excluding hydrogens is 500 g/mol. The third kappa shape index (κ3) is 5.06. The molecule has 39 heavy (non-hydrogen) atoms. The molecule has 1 aliphatic heterocycles. The van der Waals surface area contributed by atoms with E-state index < -0.39 is 17.7 Å². The Morgan fingerprint density at radius 3 is 2.56 bits per heavy atom. The van der Waals surface area contributed by atoms with E-state index in [9.17, 15) is 5.11 Å². The van der Waals surface area contributed by atoms with Crippen molar-refractivity contribution in [2.45, 2.75) is 63.0 Å². The number of ether oxygens (including phenoxy) is 1. The van der Waals surface area contributed by atoms with Gasteiger partial charge in [0.05, 0.1) is 29.1 Å². The van der Waals surface area contributed by atoms with Crippen LogP contribution in [0, 0.1) is 17.6 Å². The molecule has 4 atom stereocenters. The highest BCUT2D eigenvalue weighted by molar-refractivity contribution is 5.63. The first-order valence-electron chi connectivity index (χ1n) is 13.7. The van der Waals surface area contributed by atoms with Gasteiger partial charge < -0.3 is 15.6 Å². The molecule has 4 heterocycles. The van der Waals surface area contributed by atoms with Crippen molar-refractivity contribution in [2.75, 3.05) is 13.2 Å². The van der Waals surface area contributed by atoms with Gasteiger partial charge in [0.1, 0.15) is 17.5 Å². The van der Waals surface area contributed by atoms with Crippen LogP contribution in [0.25, 0.3) is 16.8 Å². The fourth-order valence-corrected chi connectivity index (χ4v) is 6.27. The van der Waals surface area contributed by atoms with E-state index in [2.05, 4.69) is 15.1 Å². The first kappa shape index (κ1) is 26.0. The van der Waals surface area contributed by atoms with Gasteiger partial charge in [-0.3, -0.25) is 4.98 Å². The number of rotatable bonds is 5. The number of nitrogens with two attached hydrogens (primary N) is 1. The number of aliphatic hydroxyl groups is 1. The number of aliphatic hydroxyl groups excluding tert-OH is 1. The Kier molecular flexibility index (Phi) is 7.14. The number of nitrogens with zero attached hydrogens (tertiary/aromatic N) is 4. The molecule has 1 aromatic carbocycles. The van der Waals surface area contributed by atoms with E-state index in [1.165, 1.54) is 12.1 Å². The van der Waals surface area contributed by atoms with Gasteiger partial charge in [-0.05, 0) is 90.5 Å². The molecule has 1 saturated heterocycles. The molecule has 4 aromatic rings. The Balaban J connectivity index is 1.32. The normalized spacial score (nSPS) is 24.3. The number of halogens is 2. The van der Waals surface area contributed by atoms with Gasteiger partial charge in [0.25, 0.3) is 0 Å². The highest BCUT2D eigenvalue weighted by atomic mass is 19.1. The number of fused-ring (bicyclic) bond motifs is 1. The maximum Gasteiger partial charge on any atom is 0.135 e. The maximum atomic E-state index is 15.3. The van der Waals surface area contributed by atoms with Gasteiger partial charge in [0, 0.05) is 38.1 Å². The molecular formula is C30H33F2N5O2. The van der Waals surface area contributed by atoms with Crippen LogP contribution in [-0.4, -0.2) is 50.0 Å². The zero-order valence-electron chi connectivity index (χ0n) is 21.9. The molecule has 0 amide bonds. The van der Waals surface area contributed by atoms with Gasteiger partial charge in [0.2, 0.25) is 0 Å². The lowest BCUT2D eigenvalue weighted by Crippen LogP contribution is -2.44. The summed E-state index contributed by atoms with van der Waals surface area (Å²) < 4.78 is 37.6. The number of hydrogen-bond donors (Lipinski definition) is 2. The summed E-state index contributed by atoms with van der Waals surface area (Å²) in [6, 6.07) is 8.00. The molecule has 1 saturated carbocycles. The SMILES string of the molecule is C[C@H]1C[C@@H](c2ccncc2Cc2ncc3ccc(-c4c(F)cc(C5CCOCC5)cc4F)nn23)C[C@@H](N)[C@@H]1O. The van der Waals surface area contributed by atoms with E-state index in [0.29, 0.717) is 37.4 Å². The molecule has 9 heteroatoms. The van der Waals surface area contributed by atoms with Crippen LogP contribution in [0.4, 0.5) is 8.78 Å². The molecule has 0 radical (unpaired) electrons. The van der Waals surface area contributed by atoms with Crippen LogP contribution in [0.15, 0.2) is 48.9 Å². The molecule has 0 spiro atoms. The Bertz CT molecular complexity index is 1450. The predicted octanol–water partition coefficient (Wildman–Crippen LogP) is 4.76. The van der Waals surface area contributed by atoms with Crippen LogP contribution in [0.2, 0.25) is 0 Å². The number of aromatic nitrogens is 4. The zero-order chi connectivity index (χ0) is 27.1. The van der Waals surface area contributed by atoms with Crippen molar-refractivity contribution in [2.24, 2.45) is 11.7 Å². The minimum Gasteiger partial charge on any atom is -0.391 e. The van der Waals surface area contributed by atoms with Gasteiger partial charge in [-0.2, -0.15) is 5.10 Å². The lowest BCUT2D eigenvalue weighted by Gasteiger charge is -2.36. The molecule has 6 rings (SSSR count). The van der Waals surface area contributed by atoms with Crippen LogP contribution in [-0.2, 0) is 11.2 Å². The van der Waals surface area contributed by atoms with Crippen molar-refractivity contribution in [3.63, 3.8) is 0 Å². The predicted molar refractivity (Wildman–Crippen MR) is 143 cm³/mol. The van der Waals surface area contributed by atoms with Crippen molar-refractivity contribution in [1.29, 1.82) is 0 Å². The molecule has 2 fully saturated rings. The van der Waals surface area contributed by atoms with Crippen LogP contribution in [0.1, 0.15) is 67.0 Å². The third-order valence-corrected chi connectivity index (χ3v) is 8.43. The molecule has 3 aromatic heterocycles. The third-order valence-electron chi connectivity index (χ3n) is 8.43. The highest BCUT2D eigenvalue weighted by Crippen LogP contribution is 2.38. The summed E-state index contributed by atoms with van der Waals surface area (Å²) in [6.45, 7) is 3.23. The van der Waals surface area contributed by atoms with Crippen molar-refractivity contribution < 1.29 is 18.6 Å². The lowest BCUT2D eigenvalue weighted by atomic mass is 9.74. The van der Waals surface area contributed by atoms with Gasteiger partial charge in [-0.1, -0.05) is 6.92 Å². The summed E-state index contributed by atoms with van der Waals surface area (Å²) in [6.07, 6.45) is 8.28. The second-order valence-corrected chi connectivity index (χ2v) is 11.0. The number of pyridine rings is 1. The summed E-state index contributed by atoms with van der Waals surface area (Å²) in [5, 5.41) is 15.0. The van der Waals surface area contributed by atoms with E-state index in [1.54, 1.807) is 29.0 Å². The summed E-state index contributed by atoms with van der Waals surface area (Å²) in [5.74, 6) is -0.212. The minimum atomic E-state index is -0.621. The van der Waals surface area contributed by atoms with E-state index in [4.69, 9.17) is 10.5 Å². The van der Waals surface area contributed by atoms with Gasteiger partial charge in [-0.25, -0.2) is 18.3 Å². The van der Waals surface area contributed by atoms with Gasteiger partial charge in [-0.15, -0.1) is 0 Å². The Morgan fingerprint density at radius 1 is 1.05 bits per heavy atom. The summed E-state index contributed by atoms with van der Waals surface area (Å²) >= 11 is 0. The maximum absolute atomic E-state index is 15.3. The van der Waals surface area contributed by atoms with Crippen molar-refractivity contribution in [3.05, 3.63) is 83.1 Å². The summed E-state index contributed by atoms with van der Waals surface area (Å²) in [4.78, 5) is 8.93. The van der Waals surface area contributed by atoms with Crippen molar-refractivity contribution >= 4 is 5.52 Å². The number of benzene rings is 1. The monoisotopic (exact) mass is 533 g/mol. The Hall–Kier alpha value is -3.27. The number of imidazole rings is 1. The Morgan fingerprint density at radius 2 is 1.82 bits per heavy atom. The fraction of sp³-hybridized carbons (Fsp3) is 0.433. The number of hydrogen-bond acceptors (Lipinski definition) is 6. The van der Waals surface area contributed by atoms with Gasteiger partial charge >= 0.3 is 0 Å². The van der Waals surface area contributed by atoms with Crippen LogP contribution in [0.3, 0.4) is 0 Å². The minimum absolute atomic E-state index is 0.0890. The topological polar surface area (TPSA) is 98.6 Å². The molecule has 3 N–H and O–H groups in total. The first-order valence-corrected chi connectivity index (χ1v) is 13.7. The first-order chi connectivity index (χ1) is 18.9. The quantitative estimate of drug-likeness (QED) is 0.384. The highest BCUT2D eigenvalue weighted by Gasteiger charge is 2.34. The van der Waals surface area contributed by atoms with E-state index in [1.807, 2.05) is 19.2 Å². The average Bonchev–Trinajstić information content (AvgIpc) is 3.34. The molecule has 7 nitrogen and oxygen atoms in total.